The number of benzene rings is 1. The lowest BCUT2D eigenvalue weighted by atomic mass is 9.97. The molecule has 1 saturated heterocycles. The van der Waals surface area contributed by atoms with Crippen LogP contribution in [0.4, 0.5) is 9.59 Å². The van der Waals surface area contributed by atoms with Gasteiger partial charge in [0.2, 0.25) is 0 Å². The van der Waals surface area contributed by atoms with Crippen LogP contribution < -0.4 is 0 Å². The third-order valence-corrected chi connectivity index (χ3v) is 5.31. The molecule has 1 aliphatic rings. The highest BCUT2D eigenvalue weighted by Crippen LogP contribution is 2.35. The summed E-state index contributed by atoms with van der Waals surface area (Å²) in [6.45, 7) is 6.63. The van der Waals surface area contributed by atoms with E-state index >= 15 is 0 Å². The predicted molar refractivity (Wildman–Crippen MR) is 109 cm³/mol. The minimum absolute atomic E-state index is 0.0914. The van der Waals surface area contributed by atoms with E-state index < -0.39 is 11.7 Å². The third-order valence-electron chi connectivity index (χ3n) is 5.03. The van der Waals surface area contributed by atoms with Crippen LogP contribution in [0.5, 0.6) is 0 Å². The van der Waals surface area contributed by atoms with Gasteiger partial charge in [0, 0.05) is 24.4 Å². The monoisotopic (exact) mass is 416 g/mol. The van der Waals surface area contributed by atoms with Crippen molar-refractivity contribution < 1.29 is 19.4 Å². The highest BCUT2D eigenvalue weighted by Gasteiger charge is 2.31. The average Bonchev–Trinajstić information content (AvgIpc) is 3.23. The number of likely N-dealkylation sites (tertiary alicyclic amines) is 1. The van der Waals surface area contributed by atoms with Crippen molar-refractivity contribution in [3.8, 4) is 0 Å². The van der Waals surface area contributed by atoms with Crippen LogP contribution in [0.2, 0.25) is 5.15 Å². The van der Waals surface area contributed by atoms with Gasteiger partial charge in [0.1, 0.15) is 17.1 Å². The maximum absolute atomic E-state index is 12.3. The zero-order chi connectivity index (χ0) is 20.9. The van der Waals surface area contributed by atoms with Crippen LogP contribution in [0.1, 0.15) is 38.7 Å². The van der Waals surface area contributed by atoms with Gasteiger partial charge in [0.25, 0.3) is 0 Å². The number of hydrogen-bond acceptors (Lipinski definition) is 5. The van der Waals surface area contributed by atoms with E-state index in [-0.39, 0.29) is 22.8 Å². The Morgan fingerprint density at radius 2 is 2.03 bits per heavy atom. The molecule has 4 rings (SSSR count). The maximum atomic E-state index is 12.3. The first-order valence-corrected chi connectivity index (χ1v) is 9.69. The molecule has 0 aliphatic carbocycles. The van der Waals surface area contributed by atoms with Gasteiger partial charge in [-0.05, 0) is 38.8 Å². The molecule has 9 heteroatoms. The van der Waals surface area contributed by atoms with Crippen molar-refractivity contribution >= 4 is 45.7 Å². The molecule has 1 N–H and O–H groups in total. The standard InChI is InChI=1S/C20H21ClN4O4/c1-20(2,3)29-19(28)24-7-6-12(9-24)11-4-5-13-14(8-11)25(18(26)27)17-15(13)16(21)22-10-23-17/h4-5,8,10,12H,6-7,9H2,1-3H3,(H,26,27). The molecule has 0 bridgehead atoms. The molecule has 0 saturated carbocycles. The van der Waals surface area contributed by atoms with Gasteiger partial charge in [-0.15, -0.1) is 0 Å². The Morgan fingerprint density at radius 3 is 2.72 bits per heavy atom. The lowest BCUT2D eigenvalue weighted by molar-refractivity contribution is 0.0292. The van der Waals surface area contributed by atoms with Crippen LogP contribution in [0.25, 0.3) is 21.9 Å². The molecular weight excluding hydrogens is 396 g/mol. The summed E-state index contributed by atoms with van der Waals surface area (Å²) < 4.78 is 6.58. The van der Waals surface area contributed by atoms with E-state index in [4.69, 9.17) is 16.3 Å². The second-order valence-electron chi connectivity index (χ2n) is 8.17. The largest absolute Gasteiger partial charge is 0.464 e. The van der Waals surface area contributed by atoms with E-state index in [2.05, 4.69) is 9.97 Å². The molecule has 0 spiro atoms. The van der Waals surface area contributed by atoms with Crippen molar-refractivity contribution in [1.82, 2.24) is 19.4 Å². The molecule has 1 amide bonds. The first-order chi connectivity index (χ1) is 13.7. The Hall–Kier alpha value is -2.87. The molecular formula is C20H21ClN4O4. The second-order valence-corrected chi connectivity index (χ2v) is 8.53. The number of carbonyl (C=O) groups excluding carboxylic acids is 1. The number of rotatable bonds is 1. The van der Waals surface area contributed by atoms with Gasteiger partial charge in [-0.3, -0.25) is 0 Å². The molecule has 3 aromatic rings. The number of amides is 1. The number of ether oxygens (including phenoxy) is 1. The summed E-state index contributed by atoms with van der Waals surface area (Å²) in [6.07, 6.45) is 0.555. The van der Waals surface area contributed by atoms with E-state index in [0.717, 1.165) is 16.6 Å². The molecule has 1 aliphatic heterocycles. The number of halogens is 1. The van der Waals surface area contributed by atoms with E-state index in [0.29, 0.717) is 29.4 Å². The normalized spacial score (nSPS) is 17.2. The number of carboxylic acid groups (broad SMARTS) is 1. The van der Waals surface area contributed by atoms with Crippen LogP contribution >= 0.6 is 11.6 Å². The van der Waals surface area contributed by atoms with Crippen molar-refractivity contribution in [1.29, 1.82) is 0 Å². The molecule has 29 heavy (non-hydrogen) atoms. The molecule has 152 valence electrons. The van der Waals surface area contributed by atoms with Crippen molar-refractivity contribution in [3.05, 3.63) is 35.2 Å². The summed E-state index contributed by atoms with van der Waals surface area (Å²) in [5.41, 5.74) is 1.17. The number of nitrogens with zero attached hydrogens (tertiary/aromatic N) is 4. The number of hydrogen-bond donors (Lipinski definition) is 1. The summed E-state index contributed by atoms with van der Waals surface area (Å²) >= 11 is 6.21. The molecule has 1 atom stereocenters. The van der Waals surface area contributed by atoms with Gasteiger partial charge in [-0.1, -0.05) is 23.7 Å². The fraction of sp³-hybridized carbons (Fsp3) is 0.400. The van der Waals surface area contributed by atoms with Crippen LogP contribution in [0, 0.1) is 0 Å². The summed E-state index contributed by atoms with van der Waals surface area (Å²) in [5.74, 6) is 0.0914. The highest BCUT2D eigenvalue weighted by atomic mass is 35.5. The Morgan fingerprint density at radius 1 is 1.28 bits per heavy atom. The second kappa shape index (κ2) is 6.88. The van der Waals surface area contributed by atoms with E-state index in [1.54, 1.807) is 4.90 Å². The Balaban J connectivity index is 1.71. The number of aromatic nitrogens is 3. The quantitative estimate of drug-likeness (QED) is 0.587. The predicted octanol–water partition coefficient (Wildman–Crippen LogP) is 4.49. The lowest BCUT2D eigenvalue weighted by Crippen LogP contribution is -2.35. The van der Waals surface area contributed by atoms with E-state index in [1.807, 2.05) is 39.0 Å². The number of carbonyl (C=O) groups is 2. The van der Waals surface area contributed by atoms with Crippen molar-refractivity contribution in [3.63, 3.8) is 0 Å². The first kappa shape index (κ1) is 19.4. The van der Waals surface area contributed by atoms with Crippen LogP contribution in [-0.2, 0) is 4.74 Å². The Bertz CT molecular complexity index is 1130. The van der Waals surface area contributed by atoms with Crippen molar-refractivity contribution in [2.45, 2.75) is 38.7 Å². The lowest BCUT2D eigenvalue weighted by Gasteiger charge is -2.24. The zero-order valence-corrected chi connectivity index (χ0v) is 17.1. The average molecular weight is 417 g/mol. The molecule has 1 unspecified atom stereocenters. The Labute approximate surface area is 172 Å². The first-order valence-electron chi connectivity index (χ1n) is 9.31. The fourth-order valence-electron chi connectivity index (χ4n) is 3.79. The molecule has 1 fully saturated rings. The number of fused-ring (bicyclic) bond motifs is 3. The van der Waals surface area contributed by atoms with Gasteiger partial charge in [-0.25, -0.2) is 24.1 Å². The minimum atomic E-state index is -1.14. The summed E-state index contributed by atoms with van der Waals surface area (Å²) in [5, 5.41) is 11.1. The smallest absolute Gasteiger partial charge is 0.417 e. The molecule has 1 aromatic carbocycles. The van der Waals surface area contributed by atoms with Crippen molar-refractivity contribution in [2.75, 3.05) is 13.1 Å². The Kier molecular flexibility index (Phi) is 4.61. The van der Waals surface area contributed by atoms with Crippen molar-refractivity contribution in [2.24, 2.45) is 0 Å². The SMILES string of the molecule is CC(C)(C)OC(=O)N1CCC(c2ccc3c4c(Cl)ncnc4n(C(=O)O)c3c2)C1. The van der Waals surface area contributed by atoms with Crippen LogP contribution in [0.15, 0.2) is 24.5 Å². The van der Waals surface area contributed by atoms with Crippen LogP contribution in [-0.4, -0.2) is 55.4 Å². The van der Waals surface area contributed by atoms with Gasteiger partial charge in [0.15, 0.2) is 5.65 Å². The minimum Gasteiger partial charge on any atom is -0.464 e. The van der Waals surface area contributed by atoms with Crippen LogP contribution in [0.3, 0.4) is 0 Å². The summed E-state index contributed by atoms with van der Waals surface area (Å²) in [4.78, 5) is 34.0. The highest BCUT2D eigenvalue weighted by molar-refractivity contribution is 6.36. The molecule has 8 nitrogen and oxygen atoms in total. The zero-order valence-electron chi connectivity index (χ0n) is 16.3. The van der Waals surface area contributed by atoms with E-state index in [9.17, 15) is 14.7 Å². The summed E-state index contributed by atoms with van der Waals surface area (Å²) in [7, 11) is 0. The van der Waals surface area contributed by atoms with Gasteiger partial charge in [-0.2, -0.15) is 0 Å². The summed E-state index contributed by atoms with van der Waals surface area (Å²) in [6, 6.07) is 5.63. The molecule has 0 radical (unpaired) electrons. The third kappa shape index (κ3) is 3.48. The van der Waals surface area contributed by atoms with Gasteiger partial charge in [0.05, 0.1) is 10.9 Å². The van der Waals surface area contributed by atoms with Gasteiger partial charge < -0.3 is 14.7 Å². The fourth-order valence-corrected chi connectivity index (χ4v) is 4.02. The topological polar surface area (TPSA) is 97.5 Å². The van der Waals surface area contributed by atoms with E-state index in [1.165, 1.54) is 6.33 Å². The van der Waals surface area contributed by atoms with Gasteiger partial charge >= 0.3 is 12.2 Å². The molecule has 2 aromatic heterocycles. The molecule has 3 heterocycles. The maximum Gasteiger partial charge on any atom is 0.417 e.